The summed E-state index contributed by atoms with van der Waals surface area (Å²) in [7, 11) is 1.32. The van der Waals surface area contributed by atoms with Gasteiger partial charge in [0.15, 0.2) is 5.65 Å². The van der Waals surface area contributed by atoms with E-state index in [9.17, 15) is 4.79 Å². The maximum absolute atomic E-state index is 11.2. The number of nitrogens with zero attached hydrogens (tertiary/aromatic N) is 4. The van der Waals surface area contributed by atoms with Gasteiger partial charge in [0.1, 0.15) is 6.33 Å². The van der Waals surface area contributed by atoms with E-state index >= 15 is 0 Å². The summed E-state index contributed by atoms with van der Waals surface area (Å²) in [5.41, 5.74) is 2.94. The van der Waals surface area contributed by atoms with Crippen LogP contribution in [0.4, 0.5) is 10.5 Å². The van der Waals surface area contributed by atoms with Crippen LogP contribution < -0.4 is 5.32 Å². The summed E-state index contributed by atoms with van der Waals surface area (Å²) in [5, 5.41) is 14.7. The van der Waals surface area contributed by atoms with Crippen LogP contribution in [0.25, 0.3) is 16.9 Å². The number of hydrogen-bond acceptors (Lipinski definition) is 5. The molecule has 3 rings (SSSR count). The number of rotatable bonds is 2. The zero-order chi connectivity index (χ0) is 13.9. The summed E-state index contributed by atoms with van der Waals surface area (Å²) in [4.78, 5) is 11.2. The topological polar surface area (TPSA) is 81.4 Å². The van der Waals surface area contributed by atoms with Gasteiger partial charge in [-0.3, -0.25) is 5.32 Å². The number of ether oxygens (including phenoxy) is 1. The van der Waals surface area contributed by atoms with Gasteiger partial charge in [0.05, 0.1) is 12.8 Å². The van der Waals surface area contributed by atoms with Gasteiger partial charge in [0.2, 0.25) is 0 Å². The minimum atomic E-state index is -0.510. The number of fused-ring (bicyclic) bond motifs is 1. The van der Waals surface area contributed by atoms with E-state index in [1.165, 1.54) is 13.4 Å². The monoisotopic (exact) mass is 269 g/mol. The van der Waals surface area contributed by atoms with Gasteiger partial charge in [0.25, 0.3) is 0 Å². The lowest BCUT2D eigenvalue weighted by Crippen LogP contribution is -2.10. The molecule has 0 saturated heterocycles. The van der Waals surface area contributed by atoms with Crippen LogP contribution in [-0.4, -0.2) is 33.0 Å². The van der Waals surface area contributed by atoms with Gasteiger partial charge in [-0.1, -0.05) is 12.1 Å². The number of aromatic nitrogens is 4. The van der Waals surface area contributed by atoms with Gasteiger partial charge < -0.3 is 4.74 Å². The first-order valence-corrected chi connectivity index (χ1v) is 5.89. The molecular weight excluding hydrogens is 258 g/mol. The average Bonchev–Trinajstić information content (AvgIpc) is 2.94. The molecule has 1 N–H and O–H groups in total. The van der Waals surface area contributed by atoms with E-state index in [0.29, 0.717) is 11.3 Å². The molecule has 0 fully saturated rings. The highest BCUT2D eigenvalue weighted by Gasteiger charge is 2.05. The van der Waals surface area contributed by atoms with Crippen molar-refractivity contribution in [2.24, 2.45) is 0 Å². The van der Waals surface area contributed by atoms with Crippen molar-refractivity contribution in [1.82, 2.24) is 19.8 Å². The Bertz CT molecular complexity index is 768. The van der Waals surface area contributed by atoms with Crippen molar-refractivity contribution in [3.8, 4) is 11.3 Å². The van der Waals surface area contributed by atoms with Crippen molar-refractivity contribution >= 4 is 17.4 Å². The Morgan fingerprint density at radius 2 is 2.20 bits per heavy atom. The van der Waals surface area contributed by atoms with Crippen LogP contribution in [0.1, 0.15) is 0 Å². The first-order valence-electron chi connectivity index (χ1n) is 5.89. The average molecular weight is 269 g/mol. The number of anilines is 1. The normalized spacial score (nSPS) is 10.4. The smallest absolute Gasteiger partial charge is 0.411 e. The van der Waals surface area contributed by atoms with Crippen molar-refractivity contribution in [1.29, 1.82) is 0 Å². The molecule has 2 aromatic heterocycles. The molecule has 2 heterocycles. The van der Waals surface area contributed by atoms with Crippen LogP contribution in [0.3, 0.4) is 0 Å². The molecule has 20 heavy (non-hydrogen) atoms. The Morgan fingerprint density at radius 1 is 1.30 bits per heavy atom. The standard InChI is InChI=1S/C13H11N5O2/c1-20-13(19)15-10-4-2-3-9(7-10)11-5-6-12-16-14-8-18(12)17-11/h2-8H,1H3,(H,15,19). The fraction of sp³-hybridized carbons (Fsp3) is 0.0769. The minimum absolute atomic E-state index is 0.510. The molecule has 3 aromatic rings. The first-order chi connectivity index (χ1) is 9.76. The Hall–Kier alpha value is -2.96. The van der Waals surface area contributed by atoms with Gasteiger partial charge in [0, 0.05) is 11.3 Å². The van der Waals surface area contributed by atoms with Gasteiger partial charge in [-0.05, 0) is 24.3 Å². The van der Waals surface area contributed by atoms with Crippen molar-refractivity contribution in [2.45, 2.75) is 0 Å². The third kappa shape index (κ3) is 2.28. The highest BCUT2D eigenvalue weighted by atomic mass is 16.5. The number of carbonyl (C=O) groups excluding carboxylic acids is 1. The van der Waals surface area contributed by atoms with Crippen LogP contribution in [0.5, 0.6) is 0 Å². The third-order valence-corrected chi connectivity index (χ3v) is 2.75. The molecule has 7 heteroatoms. The van der Waals surface area contributed by atoms with E-state index in [1.807, 2.05) is 30.3 Å². The molecule has 0 aliphatic heterocycles. The number of benzene rings is 1. The minimum Gasteiger partial charge on any atom is -0.453 e. The van der Waals surface area contributed by atoms with E-state index < -0.39 is 6.09 Å². The lowest BCUT2D eigenvalue weighted by atomic mass is 10.1. The van der Waals surface area contributed by atoms with Crippen LogP contribution in [0.15, 0.2) is 42.7 Å². The number of nitrogens with one attached hydrogen (secondary N) is 1. The second kappa shape index (κ2) is 4.96. The molecule has 0 aliphatic rings. The Kier molecular flexibility index (Phi) is 3.00. The summed E-state index contributed by atoms with van der Waals surface area (Å²) < 4.78 is 6.15. The molecule has 100 valence electrons. The molecule has 0 spiro atoms. The summed E-state index contributed by atoms with van der Waals surface area (Å²) in [5.74, 6) is 0. The molecule has 1 aromatic carbocycles. The lowest BCUT2D eigenvalue weighted by Gasteiger charge is -2.06. The summed E-state index contributed by atoms with van der Waals surface area (Å²) in [6, 6.07) is 11.0. The molecule has 0 unspecified atom stereocenters. The van der Waals surface area contributed by atoms with Crippen molar-refractivity contribution < 1.29 is 9.53 Å². The molecule has 0 aliphatic carbocycles. The lowest BCUT2D eigenvalue weighted by molar-refractivity contribution is 0.187. The summed E-state index contributed by atoms with van der Waals surface area (Å²) >= 11 is 0. The molecule has 1 amide bonds. The molecule has 0 atom stereocenters. The Balaban J connectivity index is 1.96. The largest absolute Gasteiger partial charge is 0.453 e. The third-order valence-electron chi connectivity index (χ3n) is 2.75. The van der Waals surface area contributed by atoms with E-state index in [2.05, 4.69) is 25.3 Å². The number of hydrogen-bond donors (Lipinski definition) is 1. The van der Waals surface area contributed by atoms with E-state index in [4.69, 9.17) is 0 Å². The zero-order valence-corrected chi connectivity index (χ0v) is 10.6. The molecular formula is C13H11N5O2. The van der Waals surface area contributed by atoms with Crippen LogP contribution in [-0.2, 0) is 4.74 Å². The van der Waals surface area contributed by atoms with E-state index in [0.717, 1.165) is 11.3 Å². The van der Waals surface area contributed by atoms with E-state index in [1.54, 1.807) is 10.6 Å². The summed E-state index contributed by atoms with van der Waals surface area (Å²) in [6.07, 6.45) is 1.03. The van der Waals surface area contributed by atoms with Gasteiger partial charge in [-0.15, -0.1) is 10.2 Å². The van der Waals surface area contributed by atoms with Gasteiger partial charge >= 0.3 is 6.09 Å². The highest BCUT2D eigenvalue weighted by Crippen LogP contribution is 2.21. The highest BCUT2D eigenvalue weighted by molar-refractivity contribution is 5.85. The van der Waals surface area contributed by atoms with Crippen molar-refractivity contribution in [3.05, 3.63) is 42.7 Å². The number of carbonyl (C=O) groups is 1. The predicted molar refractivity (Wildman–Crippen MR) is 72.2 cm³/mol. The first kappa shape index (κ1) is 12.1. The maximum Gasteiger partial charge on any atom is 0.411 e. The van der Waals surface area contributed by atoms with Crippen molar-refractivity contribution in [3.63, 3.8) is 0 Å². The van der Waals surface area contributed by atoms with E-state index in [-0.39, 0.29) is 0 Å². The van der Waals surface area contributed by atoms with Gasteiger partial charge in [-0.2, -0.15) is 9.61 Å². The fourth-order valence-electron chi connectivity index (χ4n) is 1.81. The molecule has 0 radical (unpaired) electrons. The predicted octanol–water partition coefficient (Wildman–Crippen LogP) is 1.97. The fourth-order valence-corrected chi connectivity index (χ4v) is 1.81. The van der Waals surface area contributed by atoms with Crippen molar-refractivity contribution in [2.75, 3.05) is 12.4 Å². The quantitative estimate of drug-likeness (QED) is 0.769. The van der Waals surface area contributed by atoms with Crippen LogP contribution >= 0.6 is 0 Å². The van der Waals surface area contributed by atoms with Crippen LogP contribution in [0, 0.1) is 0 Å². The Morgan fingerprint density at radius 3 is 3.05 bits per heavy atom. The SMILES string of the molecule is COC(=O)Nc1cccc(-c2ccc3nncn3n2)c1. The van der Waals surface area contributed by atoms with Gasteiger partial charge in [-0.25, -0.2) is 4.79 Å². The molecule has 7 nitrogen and oxygen atoms in total. The second-order valence-corrected chi connectivity index (χ2v) is 4.05. The second-order valence-electron chi connectivity index (χ2n) is 4.05. The zero-order valence-electron chi connectivity index (χ0n) is 10.6. The van der Waals surface area contributed by atoms with Crippen LogP contribution in [0.2, 0.25) is 0 Å². The number of methoxy groups -OCH3 is 1. The Labute approximate surface area is 114 Å². The molecule has 0 bridgehead atoms. The molecule has 0 saturated carbocycles. The maximum atomic E-state index is 11.2. The summed E-state index contributed by atoms with van der Waals surface area (Å²) in [6.45, 7) is 0. The number of amides is 1.